The van der Waals surface area contributed by atoms with Crippen LogP contribution in [0.15, 0.2) is 45.7 Å². The third kappa shape index (κ3) is 4.10. The molecule has 0 spiro atoms. The van der Waals surface area contributed by atoms with E-state index in [-0.39, 0.29) is 45.6 Å². The normalized spacial score (nSPS) is 11.9. The fourth-order valence-corrected chi connectivity index (χ4v) is 4.11. The molecule has 0 amide bonds. The topological polar surface area (TPSA) is 106 Å². The van der Waals surface area contributed by atoms with Crippen LogP contribution in [-0.2, 0) is 10.0 Å². The molecule has 3 rings (SSSR count). The van der Waals surface area contributed by atoms with Crippen molar-refractivity contribution in [2.24, 2.45) is 0 Å². The van der Waals surface area contributed by atoms with E-state index in [9.17, 15) is 22.7 Å². The maximum absolute atomic E-state index is 13.3. The number of rotatable bonds is 7. The molecule has 0 radical (unpaired) electrons. The van der Waals surface area contributed by atoms with Crippen LogP contribution in [0, 0.1) is 5.82 Å². The minimum Gasteiger partial charge on any atom is -0.490 e. The smallest absolute Gasteiger partial charge is 0.340 e. The Morgan fingerprint density at radius 2 is 1.90 bits per heavy atom. The van der Waals surface area contributed by atoms with Crippen molar-refractivity contribution in [2.75, 3.05) is 6.54 Å². The quantitative estimate of drug-likeness (QED) is 0.597. The first-order chi connectivity index (χ1) is 13.6. The lowest BCUT2D eigenvalue weighted by Crippen LogP contribution is -2.24. The third-order valence-corrected chi connectivity index (χ3v) is 5.63. The summed E-state index contributed by atoms with van der Waals surface area (Å²) in [7, 11) is -3.90. The largest absolute Gasteiger partial charge is 0.490 e. The minimum absolute atomic E-state index is 0.000922. The Balaban J connectivity index is 2.33. The average Bonchev–Trinajstić information content (AvgIpc) is 2.99. The molecule has 0 aliphatic heterocycles. The summed E-state index contributed by atoms with van der Waals surface area (Å²) in [6.07, 6.45) is -0.347. The van der Waals surface area contributed by atoms with Gasteiger partial charge in [-0.3, -0.25) is 0 Å². The molecular formula is C20H20FNO6S. The van der Waals surface area contributed by atoms with E-state index >= 15 is 0 Å². The van der Waals surface area contributed by atoms with Crippen LogP contribution >= 0.6 is 0 Å². The lowest BCUT2D eigenvalue weighted by molar-refractivity contribution is 0.0699. The predicted molar refractivity (Wildman–Crippen MR) is 105 cm³/mol. The number of nitrogens with one attached hydrogen (secondary N) is 1. The summed E-state index contributed by atoms with van der Waals surface area (Å²) in [6, 6.07) is 7.73. The Kier molecular flexibility index (Phi) is 5.63. The first-order valence-corrected chi connectivity index (χ1v) is 10.4. The van der Waals surface area contributed by atoms with Crippen LogP contribution in [0.3, 0.4) is 0 Å². The van der Waals surface area contributed by atoms with Crippen molar-refractivity contribution in [1.82, 2.24) is 4.72 Å². The van der Waals surface area contributed by atoms with E-state index in [4.69, 9.17) is 9.15 Å². The molecule has 0 bridgehead atoms. The minimum atomic E-state index is -3.90. The van der Waals surface area contributed by atoms with Gasteiger partial charge in [-0.2, -0.15) is 0 Å². The molecule has 1 heterocycles. The summed E-state index contributed by atoms with van der Waals surface area (Å²) in [6.45, 7) is 5.26. The number of ether oxygens (including phenoxy) is 1. The van der Waals surface area contributed by atoms with Crippen molar-refractivity contribution < 1.29 is 31.9 Å². The number of benzene rings is 2. The van der Waals surface area contributed by atoms with Gasteiger partial charge in [0.1, 0.15) is 33.4 Å². The molecule has 1 aromatic heterocycles. The predicted octanol–water partition coefficient (Wildman–Crippen LogP) is 4.02. The van der Waals surface area contributed by atoms with E-state index in [1.165, 1.54) is 36.4 Å². The molecule has 7 nitrogen and oxygen atoms in total. The van der Waals surface area contributed by atoms with Gasteiger partial charge in [-0.1, -0.05) is 6.92 Å². The molecule has 3 aromatic rings. The number of carboxylic acids is 1. The summed E-state index contributed by atoms with van der Waals surface area (Å²) >= 11 is 0. The zero-order valence-corrected chi connectivity index (χ0v) is 16.8. The number of furan rings is 1. The molecule has 29 heavy (non-hydrogen) atoms. The summed E-state index contributed by atoms with van der Waals surface area (Å²) in [5.74, 6) is -1.72. The molecule has 0 atom stereocenters. The first-order valence-electron chi connectivity index (χ1n) is 8.90. The molecule has 2 N–H and O–H groups in total. The van der Waals surface area contributed by atoms with Crippen molar-refractivity contribution >= 4 is 27.0 Å². The molecule has 9 heteroatoms. The van der Waals surface area contributed by atoms with E-state index in [1.54, 1.807) is 20.8 Å². The maximum Gasteiger partial charge on any atom is 0.340 e. The molecular weight excluding hydrogens is 401 g/mol. The van der Waals surface area contributed by atoms with Crippen LogP contribution in [0.5, 0.6) is 5.75 Å². The second-order valence-electron chi connectivity index (χ2n) is 6.58. The van der Waals surface area contributed by atoms with Crippen LogP contribution in [0.1, 0.15) is 31.1 Å². The number of carboxylic acid groups (broad SMARTS) is 1. The molecule has 0 aliphatic carbocycles. The second kappa shape index (κ2) is 7.84. The van der Waals surface area contributed by atoms with E-state index in [1.807, 2.05) is 0 Å². The second-order valence-corrected chi connectivity index (χ2v) is 8.32. The zero-order valence-electron chi connectivity index (χ0n) is 16.0. The van der Waals surface area contributed by atoms with Gasteiger partial charge in [-0.25, -0.2) is 22.3 Å². The highest BCUT2D eigenvalue weighted by molar-refractivity contribution is 7.89. The Hall–Kier alpha value is -2.91. The summed E-state index contributed by atoms with van der Waals surface area (Å²) < 4.78 is 52.2. The van der Waals surface area contributed by atoms with E-state index < -0.39 is 21.8 Å². The van der Waals surface area contributed by atoms with Gasteiger partial charge in [0.25, 0.3) is 0 Å². The standard InChI is InChI=1S/C20H20FNO6S/c1-4-22-29(25,26)17-10-15-14(9-16(17)27-11(2)3)18(20(23)24)19(28-15)12-5-7-13(21)8-6-12/h5-11,22H,4H2,1-3H3,(H,23,24). The lowest BCUT2D eigenvalue weighted by atomic mass is 10.1. The summed E-state index contributed by atoms with van der Waals surface area (Å²) in [5, 5.41) is 9.93. The molecule has 0 unspecified atom stereocenters. The number of halogens is 1. The van der Waals surface area contributed by atoms with Crippen molar-refractivity contribution in [2.45, 2.75) is 31.8 Å². The van der Waals surface area contributed by atoms with Crippen LogP contribution < -0.4 is 9.46 Å². The van der Waals surface area contributed by atoms with Crippen LogP contribution in [0.2, 0.25) is 0 Å². The van der Waals surface area contributed by atoms with Gasteiger partial charge in [0.2, 0.25) is 10.0 Å². The van der Waals surface area contributed by atoms with Gasteiger partial charge in [-0.05, 0) is 44.2 Å². The molecule has 0 fully saturated rings. The summed E-state index contributed by atoms with van der Waals surface area (Å²) in [4.78, 5) is 11.8. The SMILES string of the molecule is CCNS(=O)(=O)c1cc2oc(-c3ccc(F)cc3)c(C(=O)O)c2cc1OC(C)C. The Morgan fingerprint density at radius 3 is 2.45 bits per heavy atom. The Bertz CT molecular complexity index is 1170. The van der Waals surface area contributed by atoms with E-state index in [0.717, 1.165) is 0 Å². The first kappa shape index (κ1) is 20.8. The Labute approximate surface area is 167 Å². The highest BCUT2D eigenvalue weighted by Crippen LogP contribution is 2.39. The van der Waals surface area contributed by atoms with Gasteiger partial charge in [0.05, 0.1) is 6.10 Å². The van der Waals surface area contributed by atoms with Crippen molar-refractivity contribution in [3.05, 3.63) is 47.8 Å². The number of hydrogen-bond donors (Lipinski definition) is 2. The van der Waals surface area contributed by atoms with E-state index in [2.05, 4.69) is 4.72 Å². The molecule has 0 saturated carbocycles. The number of aromatic carboxylic acids is 1. The number of fused-ring (bicyclic) bond motifs is 1. The van der Waals surface area contributed by atoms with Gasteiger partial charge in [0, 0.05) is 23.6 Å². The molecule has 2 aromatic carbocycles. The van der Waals surface area contributed by atoms with Gasteiger partial charge in [-0.15, -0.1) is 0 Å². The monoisotopic (exact) mass is 421 g/mol. The van der Waals surface area contributed by atoms with Crippen molar-refractivity contribution in [1.29, 1.82) is 0 Å². The highest BCUT2D eigenvalue weighted by Gasteiger charge is 2.27. The van der Waals surface area contributed by atoms with Crippen LogP contribution in [0.25, 0.3) is 22.3 Å². The van der Waals surface area contributed by atoms with Gasteiger partial charge >= 0.3 is 5.97 Å². The van der Waals surface area contributed by atoms with Crippen molar-refractivity contribution in [3.8, 4) is 17.1 Å². The Morgan fingerprint density at radius 1 is 1.24 bits per heavy atom. The summed E-state index contributed by atoms with van der Waals surface area (Å²) in [5.41, 5.74) is 0.254. The fourth-order valence-electron chi connectivity index (χ4n) is 2.95. The maximum atomic E-state index is 13.3. The molecule has 154 valence electrons. The lowest BCUT2D eigenvalue weighted by Gasteiger charge is -2.15. The number of sulfonamides is 1. The fraction of sp³-hybridized carbons (Fsp3) is 0.250. The van der Waals surface area contributed by atoms with Crippen molar-refractivity contribution in [3.63, 3.8) is 0 Å². The number of hydrogen-bond acceptors (Lipinski definition) is 5. The highest BCUT2D eigenvalue weighted by atomic mass is 32.2. The van der Waals surface area contributed by atoms with Gasteiger partial charge in [0.15, 0.2) is 0 Å². The van der Waals surface area contributed by atoms with E-state index in [0.29, 0.717) is 5.56 Å². The molecule has 0 saturated heterocycles. The zero-order chi connectivity index (χ0) is 21.3. The molecule has 0 aliphatic rings. The van der Waals surface area contributed by atoms with Gasteiger partial charge < -0.3 is 14.3 Å². The van der Waals surface area contributed by atoms with Crippen LogP contribution in [-0.4, -0.2) is 32.1 Å². The third-order valence-electron chi connectivity index (χ3n) is 4.06. The average molecular weight is 421 g/mol. The van der Waals surface area contributed by atoms with Crippen LogP contribution in [0.4, 0.5) is 4.39 Å². The number of carbonyl (C=O) groups is 1.